The van der Waals surface area contributed by atoms with Gasteiger partial charge in [0.15, 0.2) is 0 Å². The van der Waals surface area contributed by atoms with Crippen molar-refractivity contribution in [3.05, 3.63) is 0 Å². The van der Waals surface area contributed by atoms with Gasteiger partial charge in [-0.25, -0.2) is 0 Å². The smallest absolute Gasteiger partial charge is 0.402 e. The summed E-state index contributed by atoms with van der Waals surface area (Å²) in [5.41, 5.74) is 0. The van der Waals surface area contributed by atoms with Crippen molar-refractivity contribution in [3.8, 4) is 0 Å². The number of hydrogen-bond acceptors (Lipinski definition) is 4. The van der Waals surface area contributed by atoms with E-state index in [1.54, 1.807) is 0 Å². The van der Waals surface area contributed by atoms with Crippen LogP contribution >= 0.6 is 0 Å². The van der Waals surface area contributed by atoms with Crippen molar-refractivity contribution < 1.29 is 14.3 Å². The van der Waals surface area contributed by atoms with Gasteiger partial charge in [0.25, 0.3) is 0 Å². The van der Waals surface area contributed by atoms with Crippen molar-refractivity contribution >= 4 is 7.32 Å². The van der Waals surface area contributed by atoms with Crippen molar-refractivity contribution in [2.75, 3.05) is 26.3 Å². The van der Waals surface area contributed by atoms with E-state index in [1.165, 1.54) is 32.1 Å². The summed E-state index contributed by atoms with van der Waals surface area (Å²) < 4.78 is 10.2. The largest absolute Gasteiger partial charge is 0.636 e. The van der Waals surface area contributed by atoms with Gasteiger partial charge >= 0.3 is 7.32 Å². The molecule has 1 aliphatic heterocycles. The zero-order valence-electron chi connectivity index (χ0n) is 9.23. The van der Waals surface area contributed by atoms with Gasteiger partial charge in [0, 0.05) is 32.3 Å². The lowest BCUT2D eigenvalue weighted by atomic mass is 9.94. The van der Waals surface area contributed by atoms with Crippen LogP contribution in [0.15, 0.2) is 0 Å². The lowest BCUT2D eigenvalue weighted by Gasteiger charge is -2.35. The molecule has 0 unspecified atom stereocenters. The van der Waals surface area contributed by atoms with Crippen molar-refractivity contribution in [3.63, 3.8) is 0 Å². The number of hydrogen-bond donors (Lipinski definition) is 1. The maximum atomic E-state index is 9.15. The molecule has 86 valence electrons. The minimum absolute atomic E-state index is 0.567. The van der Waals surface area contributed by atoms with E-state index in [2.05, 4.69) is 4.90 Å². The fourth-order valence-corrected chi connectivity index (χ4v) is 2.51. The van der Waals surface area contributed by atoms with Gasteiger partial charge in [-0.2, -0.15) is 0 Å². The van der Waals surface area contributed by atoms with Crippen molar-refractivity contribution in [2.45, 2.75) is 38.1 Å². The van der Waals surface area contributed by atoms with Crippen LogP contribution in [0.5, 0.6) is 0 Å². The summed E-state index contributed by atoms with van der Waals surface area (Å²) in [7, 11) is -1.02. The Bertz CT molecular complexity index is 178. The zero-order valence-corrected chi connectivity index (χ0v) is 9.23. The average molecular weight is 213 g/mol. The minimum atomic E-state index is -1.02. The van der Waals surface area contributed by atoms with Crippen molar-refractivity contribution in [1.29, 1.82) is 0 Å². The van der Waals surface area contributed by atoms with Gasteiger partial charge in [-0.05, 0) is 12.8 Å². The maximum Gasteiger partial charge on any atom is 0.636 e. The highest BCUT2D eigenvalue weighted by Crippen LogP contribution is 2.22. The van der Waals surface area contributed by atoms with Gasteiger partial charge in [0.1, 0.15) is 0 Å². The van der Waals surface area contributed by atoms with Crippen LogP contribution in [0.25, 0.3) is 0 Å². The molecule has 0 aromatic rings. The monoisotopic (exact) mass is 213 g/mol. The highest BCUT2D eigenvalue weighted by atomic mass is 16.7. The molecule has 1 N–H and O–H groups in total. The molecule has 5 heteroatoms. The SMILES string of the molecule is OB1OCCN(C2CCCCC2)CCO1. The maximum absolute atomic E-state index is 9.15. The fourth-order valence-electron chi connectivity index (χ4n) is 2.51. The topological polar surface area (TPSA) is 41.9 Å². The van der Waals surface area contributed by atoms with Gasteiger partial charge < -0.3 is 14.3 Å². The Morgan fingerprint density at radius 2 is 1.60 bits per heavy atom. The first-order chi connectivity index (χ1) is 7.36. The first-order valence-electron chi connectivity index (χ1n) is 6.01. The summed E-state index contributed by atoms with van der Waals surface area (Å²) in [6, 6.07) is 0.709. The van der Waals surface area contributed by atoms with Crippen LogP contribution in [0.1, 0.15) is 32.1 Å². The van der Waals surface area contributed by atoms with Crippen LogP contribution in [-0.4, -0.2) is 49.6 Å². The van der Waals surface area contributed by atoms with Gasteiger partial charge in [-0.15, -0.1) is 0 Å². The van der Waals surface area contributed by atoms with E-state index in [-0.39, 0.29) is 0 Å². The van der Waals surface area contributed by atoms with Gasteiger partial charge in [-0.1, -0.05) is 19.3 Å². The summed E-state index contributed by atoms with van der Waals surface area (Å²) in [4.78, 5) is 2.45. The Hall–Kier alpha value is -0.0951. The van der Waals surface area contributed by atoms with E-state index >= 15 is 0 Å². The van der Waals surface area contributed by atoms with Gasteiger partial charge in [0.05, 0.1) is 0 Å². The molecule has 1 aliphatic carbocycles. The van der Waals surface area contributed by atoms with E-state index in [1.807, 2.05) is 0 Å². The molecule has 0 amide bonds. The average Bonchev–Trinajstić information content (AvgIpc) is 2.24. The predicted molar refractivity (Wildman–Crippen MR) is 58.3 cm³/mol. The lowest BCUT2D eigenvalue weighted by molar-refractivity contribution is 0.0471. The Labute approximate surface area is 91.7 Å². The first-order valence-corrected chi connectivity index (χ1v) is 6.01. The lowest BCUT2D eigenvalue weighted by Crippen LogP contribution is -2.44. The van der Waals surface area contributed by atoms with Gasteiger partial charge in [0.2, 0.25) is 0 Å². The van der Waals surface area contributed by atoms with Crippen LogP contribution in [-0.2, 0) is 9.31 Å². The Morgan fingerprint density at radius 3 is 2.20 bits per heavy atom. The van der Waals surface area contributed by atoms with Crippen LogP contribution in [0, 0.1) is 0 Å². The van der Waals surface area contributed by atoms with Gasteiger partial charge in [-0.3, -0.25) is 4.90 Å². The molecule has 2 aliphatic rings. The molecule has 15 heavy (non-hydrogen) atoms. The third-order valence-corrected chi connectivity index (χ3v) is 3.37. The number of nitrogens with zero attached hydrogens (tertiary/aromatic N) is 1. The fraction of sp³-hybridized carbons (Fsp3) is 1.00. The summed E-state index contributed by atoms with van der Waals surface area (Å²) in [6.07, 6.45) is 6.71. The van der Waals surface area contributed by atoms with E-state index in [4.69, 9.17) is 14.3 Å². The highest BCUT2D eigenvalue weighted by molar-refractivity contribution is 6.34. The summed E-state index contributed by atoms with van der Waals surface area (Å²) in [5, 5.41) is 9.15. The molecule has 0 spiro atoms. The molecule has 0 aromatic heterocycles. The van der Waals surface area contributed by atoms with E-state index < -0.39 is 7.32 Å². The molecule has 0 radical (unpaired) electrons. The van der Waals surface area contributed by atoms with Crippen molar-refractivity contribution in [2.24, 2.45) is 0 Å². The van der Waals surface area contributed by atoms with E-state index in [9.17, 15) is 0 Å². The quantitative estimate of drug-likeness (QED) is 0.649. The van der Waals surface area contributed by atoms with Crippen LogP contribution in [0.3, 0.4) is 0 Å². The Morgan fingerprint density at radius 1 is 1.00 bits per heavy atom. The summed E-state index contributed by atoms with van der Waals surface area (Å²) in [5.74, 6) is 0. The van der Waals surface area contributed by atoms with Crippen LogP contribution in [0.2, 0.25) is 0 Å². The molecule has 1 heterocycles. The normalized spacial score (nSPS) is 27.4. The molecule has 1 saturated heterocycles. The van der Waals surface area contributed by atoms with Crippen LogP contribution in [0.4, 0.5) is 0 Å². The molecular formula is C10H20BNO3. The second-order valence-corrected chi connectivity index (χ2v) is 4.38. The first kappa shape index (κ1) is 11.4. The predicted octanol–water partition coefficient (Wildman–Crippen LogP) is 0.645. The third-order valence-electron chi connectivity index (χ3n) is 3.37. The Balaban J connectivity index is 1.80. The standard InChI is InChI=1S/C10H20BNO3/c13-11-14-8-6-12(7-9-15-11)10-4-2-1-3-5-10/h10,13H,1-9H2. The van der Waals surface area contributed by atoms with E-state index in [0.717, 1.165) is 13.1 Å². The molecule has 1 saturated carbocycles. The van der Waals surface area contributed by atoms with E-state index in [0.29, 0.717) is 19.3 Å². The zero-order chi connectivity index (χ0) is 10.5. The molecular weight excluding hydrogens is 193 g/mol. The second-order valence-electron chi connectivity index (χ2n) is 4.38. The molecule has 0 aromatic carbocycles. The molecule has 0 bridgehead atoms. The number of rotatable bonds is 1. The summed E-state index contributed by atoms with van der Waals surface area (Å²) >= 11 is 0. The summed E-state index contributed by atoms with van der Waals surface area (Å²) in [6.45, 7) is 2.98. The van der Waals surface area contributed by atoms with Crippen molar-refractivity contribution in [1.82, 2.24) is 4.90 Å². The molecule has 0 atom stereocenters. The minimum Gasteiger partial charge on any atom is -0.402 e. The highest BCUT2D eigenvalue weighted by Gasteiger charge is 2.25. The molecule has 2 rings (SSSR count). The third kappa shape index (κ3) is 3.45. The Kier molecular flexibility index (Phi) is 4.44. The second kappa shape index (κ2) is 5.84. The van der Waals surface area contributed by atoms with Crippen LogP contribution < -0.4 is 0 Å². The molecule has 4 nitrogen and oxygen atoms in total. The molecule has 2 fully saturated rings.